The molecule has 0 unspecified atom stereocenters. The summed E-state index contributed by atoms with van der Waals surface area (Å²) >= 11 is 0. The zero-order valence-electron chi connectivity index (χ0n) is 11.0. The molecule has 2 N–H and O–H groups in total. The van der Waals surface area contributed by atoms with Gasteiger partial charge in [0.1, 0.15) is 0 Å². The molecule has 1 aromatic carbocycles. The van der Waals surface area contributed by atoms with E-state index >= 15 is 0 Å². The van der Waals surface area contributed by atoms with Gasteiger partial charge in [-0.05, 0) is 32.0 Å². The minimum Gasteiger partial charge on any atom is -0.333 e. The fourth-order valence-electron chi connectivity index (χ4n) is 1.64. The SMILES string of the molecule is C=CCN(C(=O)c1cccc(S(N)(=O)=O)c1)C(C)C. The van der Waals surface area contributed by atoms with Gasteiger partial charge in [-0.25, -0.2) is 13.6 Å². The first kappa shape index (κ1) is 15.4. The minimum atomic E-state index is -3.81. The van der Waals surface area contributed by atoms with Crippen molar-refractivity contribution in [2.75, 3.05) is 6.54 Å². The second kappa shape index (κ2) is 5.99. The van der Waals surface area contributed by atoms with E-state index < -0.39 is 10.0 Å². The third kappa shape index (κ3) is 3.90. The van der Waals surface area contributed by atoms with Gasteiger partial charge in [0.2, 0.25) is 10.0 Å². The van der Waals surface area contributed by atoms with Crippen molar-refractivity contribution in [3.8, 4) is 0 Å². The second-order valence-corrected chi connectivity index (χ2v) is 5.97. The van der Waals surface area contributed by atoms with Gasteiger partial charge in [0.15, 0.2) is 0 Å². The normalized spacial score (nSPS) is 11.4. The van der Waals surface area contributed by atoms with Gasteiger partial charge in [-0.3, -0.25) is 4.79 Å². The number of nitrogens with two attached hydrogens (primary N) is 1. The van der Waals surface area contributed by atoms with E-state index in [0.717, 1.165) is 0 Å². The summed E-state index contributed by atoms with van der Waals surface area (Å²) in [6.07, 6.45) is 1.63. The number of rotatable bonds is 5. The minimum absolute atomic E-state index is 0.0105. The zero-order valence-corrected chi connectivity index (χ0v) is 11.9. The van der Waals surface area contributed by atoms with E-state index in [1.807, 2.05) is 13.8 Å². The number of sulfonamides is 1. The molecule has 19 heavy (non-hydrogen) atoms. The van der Waals surface area contributed by atoms with Gasteiger partial charge < -0.3 is 4.90 Å². The van der Waals surface area contributed by atoms with E-state index in [1.54, 1.807) is 17.0 Å². The van der Waals surface area contributed by atoms with Crippen molar-refractivity contribution in [1.29, 1.82) is 0 Å². The molecule has 0 spiro atoms. The molecule has 0 fully saturated rings. The Morgan fingerprint density at radius 2 is 2.11 bits per heavy atom. The summed E-state index contributed by atoms with van der Waals surface area (Å²) in [6.45, 7) is 7.76. The maximum Gasteiger partial charge on any atom is 0.254 e. The van der Waals surface area contributed by atoms with Crippen molar-refractivity contribution < 1.29 is 13.2 Å². The summed E-state index contributed by atoms with van der Waals surface area (Å²) in [4.78, 5) is 13.8. The second-order valence-electron chi connectivity index (χ2n) is 4.41. The smallest absolute Gasteiger partial charge is 0.254 e. The van der Waals surface area contributed by atoms with Crippen molar-refractivity contribution in [3.05, 3.63) is 42.5 Å². The largest absolute Gasteiger partial charge is 0.333 e. The molecular weight excluding hydrogens is 264 g/mol. The molecule has 5 nitrogen and oxygen atoms in total. The van der Waals surface area contributed by atoms with Crippen LogP contribution >= 0.6 is 0 Å². The van der Waals surface area contributed by atoms with Gasteiger partial charge >= 0.3 is 0 Å². The lowest BCUT2D eigenvalue weighted by Gasteiger charge is -2.25. The fraction of sp³-hybridized carbons (Fsp3) is 0.308. The first-order valence-electron chi connectivity index (χ1n) is 5.82. The molecule has 0 bridgehead atoms. The zero-order chi connectivity index (χ0) is 14.6. The summed E-state index contributed by atoms with van der Waals surface area (Å²) in [7, 11) is -3.81. The molecule has 0 aliphatic heterocycles. The fourth-order valence-corrected chi connectivity index (χ4v) is 2.20. The third-order valence-electron chi connectivity index (χ3n) is 2.62. The molecule has 6 heteroatoms. The lowest BCUT2D eigenvalue weighted by molar-refractivity contribution is 0.0728. The van der Waals surface area contributed by atoms with Gasteiger partial charge in [-0.15, -0.1) is 6.58 Å². The van der Waals surface area contributed by atoms with Gasteiger partial charge in [-0.1, -0.05) is 12.1 Å². The van der Waals surface area contributed by atoms with Gasteiger partial charge in [0.05, 0.1) is 4.90 Å². The molecule has 0 atom stereocenters. The highest BCUT2D eigenvalue weighted by atomic mass is 32.2. The summed E-state index contributed by atoms with van der Waals surface area (Å²) in [5, 5.41) is 5.05. The van der Waals surface area contributed by atoms with Gasteiger partial charge in [0, 0.05) is 18.2 Å². The highest BCUT2D eigenvalue weighted by Crippen LogP contribution is 2.13. The Balaban J connectivity index is 3.15. The van der Waals surface area contributed by atoms with Crippen molar-refractivity contribution in [1.82, 2.24) is 4.90 Å². The number of nitrogens with zero attached hydrogens (tertiary/aromatic N) is 1. The molecule has 104 valence electrons. The molecule has 0 radical (unpaired) electrons. The van der Waals surface area contributed by atoms with Gasteiger partial charge in [-0.2, -0.15) is 0 Å². The molecule has 0 aromatic heterocycles. The Hall–Kier alpha value is -1.66. The number of hydrogen-bond donors (Lipinski definition) is 1. The van der Waals surface area contributed by atoms with Crippen LogP contribution in [0.2, 0.25) is 0 Å². The average molecular weight is 282 g/mol. The molecule has 1 rings (SSSR count). The van der Waals surface area contributed by atoms with Crippen molar-refractivity contribution in [2.45, 2.75) is 24.8 Å². The monoisotopic (exact) mass is 282 g/mol. The number of primary sulfonamides is 1. The van der Waals surface area contributed by atoms with Gasteiger partial charge in [0.25, 0.3) is 5.91 Å². The number of carbonyl (C=O) groups excluding carboxylic acids is 1. The van der Waals surface area contributed by atoms with Crippen molar-refractivity contribution in [2.24, 2.45) is 5.14 Å². The maximum absolute atomic E-state index is 12.3. The third-order valence-corrected chi connectivity index (χ3v) is 3.53. The van der Waals surface area contributed by atoms with Crippen molar-refractivity contribution in [3.63, 3.8) is 0 Å². The van der Waals surface area contributed by atoms with E-state index in [0.29, 0.717) is 12.1 Å². The topological polar surface area (TPSA) is 80.5 Å². The summed E-state index contributed by atoms with van der Waals surface area (Å²) in [6, 6.07) is 5.70. The van der Waals surface area contributed by atoms with E-state index in [1.165, 1.54) is 18.2 Å². The van der Waals surface area contributed by atoms with Crippen molar-refractivity contribution >= 4 is 15.9 Å². The van der Waals surface area contributed by atoms with E-state index in [4.69, 9.17) is 5.14 Å². The molecule has 0 saturated carbocycles. The summed E-state index contributed by atoms with van der Waals surface area (Å²) < 4.78 is 22.5. The maximum atomic E-state index is 12.3. The van der Waals surface area contributed by atoms with Crippen LogP contribution in [0.5, 0.6) is 0 Å². The van der Waals surface area contributed by atoms with Crippen LogP contribution in [0.25, 0.3) is 0 Å². The lowest BCUT2D eigenvalue weighted by atomic mass is 10.1. The quantitative estimate of drug-likeness (QED) is 0.828. The molecular formula is C13H18N2O3S. The summed E-state index contributed by atoms with van der Waals surface area (Å²) in [5.74, 6) is -0.250. The highest BCUT2D eigenvalue weighted by Gasteiger charge is 2.19. The van der Waals surface area contributed by atoms with Crippen LogP contribution in [0.3, 0.4) is 0 Å². The predicted molar refractivity (Wildman–Crippen MR) is 74.2 cm³/mol. The highest BCUT2D eigenvalue weighted by molar-refractivity contribution is 7.89. The van der Waals surface area contributed by atoms with Crippen LogP contribution in [0, 0.1) is 0 Å². The number of carbonyl (C=O) groups is 1. The van der Waals surface area contributed by atoms with E-state index in [9.17, 15) is 13.2 Å². The molecule has 0 aliphatic carbocycles. The predicted octanol–water partition coefficient (Wildman–Crippen LogP) is 1.37. The molecule has 1 aromatic rings. The Labute approximate surface area is 113 Å². The Bertz CT molecular complexity index is 579. The first-order chi connectivity index (χ1) is 8.77. The van der Waals surface area contributed by atoms with Crippen LogP contribution in [0.1, 0.15) is 24.2 Å². The lowest BCUT2D eigenvalue weighted by Crippen LogP contribution is -2.37. The Morgan fingerprint density at radius 1 is 1.47 bits per heavy atom. The average Bonchev–Trinajstić information content (AvgIpc) is 2.34. The van der Waals surface area contributed by atoms with Crippen LogP contribution in [0.4, 0.5) is 0 Å². The van der Waals surface area contributed by atoms with E-state index in [2.05, 4.69) is 6.58 Å². The first-order valence-corrected chi connectivity index (χ1v) is 7.36. The van der Waals surface area contributed by atoms with Crippen LogP contribution in [-0.2, 0) is 10.0 Å². The number of amides is 1. The number of hydrogen-bond acceptors (Lipinski definition) is 3. The molecule has 0 saturated heterocycles. The molecule has 1 amide bonds. The Kier molecular flexibility index (Phi) is 4.85. The van der Waals surface area contributed by atoms with Crippen LogP contribution in [-0.4, -0.2) is 31.8 Å². The number of benzene rings is 1. The van der Waals surface area contributed by atoms with Crippen LogP contribution in [0.15, 0.2) is 41.8 Å². The van der Waals surface area contributed by atoms with E-state index in [-0.39, 0.29) is 16.8 Å². The molecule has 0 heterocycles. The molecule has 0 aliphatic rings. The van der Waals surface area contributed by atoms with Crippen LogP contribution < -0.4 is 5.14 Å². The summed E-state index contributed by atoms with van der Waals surface area (Å²) in [5.41, 5.74) is 0.294. The Morgan fingerprint density at radius 3 is 2.58 bits per heavy atom. The standard InChI is InChI=1S/C13H18N2O3S/c1-4-8-15(10(2)3)13(16)11-6-5-7-12(9-11)19(14,17)18/h4-7,9-10H,1,8H2,2-3H3,(H2,14,17,18).